The van der Waals surface area contributed by atoms with Crippen molar-refractivity contribution in [2.24, 2.45) is 4.99 Å². The molecule has 1 aliphatic rings. The van der Waals surface area contributed by atoms with Gasteiger partial charge >= 0.3 is 16.1 Å². The topological polar surface area (TPSA) is 91.3 Å². The van der Waals surface area contributed by atoms with E-state index in [1.807, 2.05) is 6.92 Å². The Morgan fingerprint density at radius 3 is 2.42 bits per heavy atom. The van der Waals surface area contributed by atoms with Crippen LogP contribution in [0.5, 0.6) is 11.5 Å². The number of esters is 1. The van der Waals surface area contributed by atoms with Crippen molar-refractivity contribution in [1.29, 1.82) is 0 Å². The van der Waals surface area contributed by atoms with Crippen LogP contribution in [0.25, 0.3) is 6.08 Å². The van der Waals surface area contributed by atoms with Gasteiger partial charge in [-0.1, -0.05) is 47.5 Å². The van der Waals surface area contributed by atoms with E-state index in [4.69, 9.17) is 25.3 Å². The Hall–Kier alpha value is -3.62. The third-order valence-corrected chi connectivity index (χ3v) is 6.30. The van der Waals surface area contributed by atoms with Crippen LogP contribution >= 0.6 is 11.6 Å². The summed E-state index contributed by atoms with van der Waals surface area (Å²) in [4.78, 5) is 16.5. The molecule has 3 aromatic rings. The molecule has 9 heteroatoms. The van der Waals surface area contributed by atoms with E-state index >= 15 is 0 Å². The van der Waals surface area contributed by atoms with Gasteiger partial charge in [-0.05, 0) is 55.0 Å². The smallest absolute Gasteiger partial charge is 0.363 e. The molecule has 33 heavy (non-hydrogen) atoms. The molecule has 0 saturated heterocycles. The van der Waals surface area contributed by atoms with E-state index in [1.165, 1.54) is 37.5 Å². The van der Waals surface area contributed by atoms with Crippen molar-refractivity contribution in [1.82, 2.24) is 0 Å². The minimum Gasteiger partial charge on any atom is -0.493 e. The number of hydrogen-bond donors (Lipinski definition) is 0. The van der Waals surface area contributed by atoms with Crippen molar-refractivity contribution in [3.63, 3.8) is 0 Å². The van der Waals surface area contributed by atoms with Gasteiger partial charge in [0.25, 0.3) is 0 Å². The van der Waals surface area contributed by atoms with Crippen molar-refractivity contribution in [2.45, 2.75) is 11.8 Å². The van der Waals surface area contributed by atoms with Gasteiger partial charge < -0.3 is 13.7 Å². The average molecular weight is 484 g/mol. The number of aryl methyl sites for hydroxylation is 1. The van der Waals surface area contributed by atoms with Crippen LogP contribution in [0, 0.1) is 6.92 Å². The van der Waals surface area contributed by atoms with Crippen LogP contribution < -0.4 is 8.92 Å². The number of halogens is 1. The summed E-state index contributed by atoms with van der Waals surface area (Å²) in [6.45, 7) is 1.86. The largest absolute Gasteiger partial charge is 0.493 e. The van der Waals surface area contributed by atoms with Gasteiger partial charge in [0.2, 0.25) is 5.90 Å². The molecule has 7 nitrogen and oxygen atoms in total. The highest BCUT2D eigenvalue weighted by Crippen LogP contribution is 2.32. The first-order valence-electron chi connectivity index (χ1n) is 9.73. The van der Waals surface area contributed by atoms with E-state index in [0.717, 1.165) is 5.56 Å². The molecular weight excluding hydrogens is 466 g/mol. The van der Waals surface area contributed by atoms with Crippen molar-refractivity contribution in [3.8, 4) is 11.5 Å². The summed E-state index contributed by atoms with van der Waals surface area (Å²) >= 11 is 6.15. The van der Waals surface area contributed by atoms with Gasteiger partial charge in [0.05, 0.1) is 17.7 Å². The highest BCUT2D eigenvalue weighted by Gasteiger charge is 2.26. The number of carbonyl (C=O) groups is 1. The van der Waals surface area contributed by atoms with Crippen LogP contribution in [0.1, 0.15) is 16.7 Å². The molecule has 0 unspecified atom stereocenters. The summed E-state index contributed by atoms with van der Waals surface area (Å²) in [5.41, 5.74) is 2.02. The molecule has 0 spiro atoms. The van der Waals surface area contributed by atoms with E-state index in [1.54, 1.807) is 42.5 Å². The zero-order valence-electron chi connectivity index (χ0n) is 17.6. The second kappa shape index (κ2) is 9.09. The first-order valence-corrected chi connectivity index (χ1v) is 11.5. The van der Waals surface area contributed by atoms with Gasteiger partial charge in [0.15, 0.2) is 17.2 Å². The van der Waals surface area contributed by atoms with Crippen molar-refractivity contribution in [2.75, 3.05) is 7.11 Å². The number of hydrogen-bond acceptors (Lipinski definition) is 7. The first-order chi connectivity index (χ1) is 15.8. The number of ether oxygens (including phenoxy) is 2. The Balaban J connectivity index is 1.62. The highest BCUT2D eigenvalue weighted by molar-refractivity contribution is 7.87. The zero-order valence-corrected chi connectivity index (χ0v) is 19.2. The van der Waals surface area contributed by atoms with Crippen LogP contribution in [-0.4, -0.2) is 27.4 Å². The maximum Gasteiger partial charge on any atom is 0.363 e. The fraction of sp³-hybridized carbons (Fsp3) is 0.0833. The lowest BCUT2D eigenvalue weighted by Gasteiger charge is -2.11. The molecule has 0 aromatic heterocycles. The molecule has 0 radical (unpaired) electrons. The number of rotatable bonds is 6. The van der Waals surface area contributed by atoms with Gasteiger partial charge in [-0.25, -0.2) is 9.79 Å². The van der Waals surface area contributed by atoms with Gasteiger partial charge in [-0.15, -0.1) is 0 Å². The van der Waals surface area contributed by atoms with E-state index in [-0.39, 0.29) is 28.0 Å². The summed E-state index contributed by atoms with van der Waals surface area (Å²) in [6.07, 6.45) is 1.49. The maximum atomic E-state index is 12.6. The molecule has 0 N–H and O–H groups in total. The monoisotopic (exact) mass is 483 g/mol. The number of cyclic esters (lactones) is 1. The summed E-state index contributed by atoms with van der Waals surface area (Å²) in [7, 11) is -2.67. The first kappa shape index (κ1) is 22.6. The molecule has 0 saturated carbocycles. The van der Waals surface area contributed by atoms with Crippen LogP contribution in [0.15, 0.2) is 82.3 Å². The molecule has 0 fully saturated rings. The fourth-order valence-corrected chi connectivity index (χ4v) is 4.19. The number of benzene rings is 3. The average Bonchev–Trinajstić information content (AvgIpc) is 3.15. The molecular formula is C24H18ClNO6S. The number of nitrogens with zero attached hydrogens (tertiary/aromatic N) is 1. The van der Waals surface area contributed by atoms with Crippen LogP contribution in [-0.2, 0) is 19.6 Å². The van der Waals surface area contributed by atoms with E-state index < -0.39 is 16.1 Å². The number of aliphatic imine (C=N–C) groups is 1. The predicted octanol–water partition coefficient (Wildman–Crippen LogP) is 4.77. The lowest BCUT2D eigenvalue weighted by atomic mass is 10.1. The van der Waals surface area contributed by atoms with Crippen LogP contribution in [0.4, 0.5) is 0 Å². The molecule has 1 heterocycles. The molecule has 1 aliphatic heterocycles. The van der Waals surface area contributed by atoms with E-state index in [2.05, 4.69) is 4.99 Å². The van der Waals surface area contributed by atoms with Gasteiger partial charge in [-0.2, -0.15) is 8.42 Å². The van der Waals surface area contributed by atoms with Gasteiger partial charge in [0, 0.05) is 0 Å². The van der Waals surface area contributed by atoms with Crippen molar-refractivity contribution < 1.29 is 26.9 Å². The summed E-state index contributed by atoms with van der Waals surface area (Å²) in [5.74, 6) is -0.352. The van der Waals surface area contributed by atoms with Gasteiger partial charge in [0.1, 0.15) is 4.90 Å². The zero-order chi connectivity index (χ0) is 23.6. The lowest BCUT2D eigenvalue weighted by molar-refractivity contribution is -0.129. The molecule has 0 aliphatic carbocycles. The second-order valence-corrected chi connectivity index (χ2v) is 9.03. The summed E-state index contributed by atoms with van der Waals surface area (Å²) in [5, 5.41) is 0.406. The third kappa shape index (κ3) is 4.92. The standard InChI is InChI=1S/C24H18ClNO6S/c1-15-7-10-17(11-8-15)33(28,29)32-21-12-9-16(14-22(21)30-2)13-20-24(27)31-23(26-20)18-5-3-4-6-19(18)25/h3-14H,1-2H3. The molecule has 0 amide bonds. The Kier molecular flexibility index (Phi) is 6.22. The molecule has 0 bridgehead atoms. The third-order valence-electron chi connectivity index (χ3n) is 4.72. The Labute approximate surface area is 196 Å². The van der Waals surface area contributed by atoms with Crippen molar-refractivity contribution >= 4 is 39.7 Å². The molecule has 0 atom stereocenters. The predicted molar refractivity (Wildman–Crippen MR) is 124 cm³/mol. The molecule has 4 rings (SSSR count). The Morgan fingerprint density at radius 2 is 1.73 bits per heavy atom. The van der Waals surface area contributed by atoms with Gasteiger partial charge in [-0.3, -0.25) is 0 Å². The summed E-state index contributed by atoms with van der Waals surface area (Å²) < 4.78 is 41.0. The highest BCUT2D eigenvalue weighted by atomic mass is 35.5. The van der Waals surface area contributed by atoms with E-state index in [0.29, 0.717) is 16.1 Å². The Bertz CT molecular complexity index is 1390. The summed E-state index contributed by atoms with van der Waals surface area (Å²) in [6, 6.07) is 17.7. The fourth-order valence-electron chi connectivity index (χ4n) is 3.03. The van der Waals surface area contributed by atoms with Crippen LogP contribution in [0.2, 0.25) is 5.02 Å². The number of methoxy groups -OCH3 is 1. The SMILES string of the molecule is COc1cc(C=C2N=C(c3ccccc3Cl)OC2=O)ccc1OS(=O)(=O)c1ccc(C)cc1. The minimum atomic E-state index is -4.05. The normalized spacial score (nSPS) is 14.7. The number of carbonyl (C=O) groups excluding carboxylic acids is 1. The lowest BCUT2D eigenvalue weighted by Crippen LogP contribution is -2.10. The molecule has 168 valence electrons. The maximum absolute atomic E-state index is 12.6. The Morgan fingerprint density at radius 1 is 1.00 bits per heavy atom. The van der Waals surface area contributed by atoms with E-state index in [9.17, 15) is 13.2 Å². The quantitative estimate of drug-likeness (QED) is 0.285. The van der Waals surface area contributed by atoms with Crippen molar-refractivity contribution in [3.05, 3.63) is 94.1 Å². The second-order valence-electron chi connectivity index (χ2n) is 7.08. The van der Waals surface area contributed by atoms with Crippen LogP contribution in [0.3, 0.4) is 0 Å². The minimum absolute atomic E-state index is 0.00878. The molecule has 3 aromatic carbocycles.